The van der Waals surface area contributed by atoms with Crippen LogP contribution in [0, 0.1) is 5.92 Å². The summed E-state index contributed by atoms with van der Waals surface area (Å²) in [6.07, 6.45) is 3.57. The van der Waals surface area contributed by atoms with Crippen molar-refractivity contribution in [1.82, 2.24) is 14.8 Å². The van der Waals surface area contributed by atoms with Crippen LogP contribution in [0.3, 0.4) is 0 Å². The molecule has 0 saturated heterocycles. The zero-order valence-corrected chi connectivity index (χ0v) is 17.8. The maximum atomic E-state index is 6.27. The van der Waals surface area contributed by atoms with Crippen LogP contribution in [0.2, 0.25) is 10.0 Å². The minimum Gasteiger partial charge on any atom is -0.305 e. The summed E-state index contributed by atoms with van der Waals surface area (Å²) in [7, 11) is 2.03. The molecule has 1 aliphatic rings. The van der Waals surface area contributed by atoms with Gasteiger partial charge in [-0.1, -0.05) is 48.0 Å². The number of benzene rings is 1. The fourth-order valence-corrected chi connectivity index (χ4v) is 6.24. The van der Waals surface area contributed by atoms with Crippen LogP contribution in [0.15, 0.2) is 28.7 Å². The molecule has 1 atom stereocenters. The normalized spacial score (nSPS) is 16.7. The minimum atomic E-state index is 0.670. The van der Waals surface area contributed by atoms with Crippen LogP contribution >= 0.6 is 46.3 Å². The zero-order valence-electron chi connectivity index (χ0n) is 14.6. The molecule has 0 spiro atoms. The summed E-state index contributed by atoms with van der Waals surface area (Å²) in [5, 5.41) is 13.4. The number of hydrogen-bond acceptors (Lipinski definition) is 4. The van der Waals surface area contributed by atoms with E-state index in [1.165, 1.54) is 28.8 Å². The van der Waals surface area contributed by atoms with Crippen molar-refractivity contribution in [3.8, 4) is 11.4 Å². The van der Waals surface area contributed by atoms with E-state index in [9.17, 15) is 0 Å². The Morgan fingerprint density at radius 1 is 1.27 bits per heavy atom. The molecule has 1 unspecified atom stereocenters. The first kappa shape index (κ1) is 18.4. The average molecular weight is 424 g/mol. The molecule has 0 bridgehead atoms. The second kappa shape index (κ2) is 7.55. The van der Waals surface area contributed by atoms with Gasteiger partial charge >= 0.3 is 0 Å². The van der Waals surface area contributed by atoms with Crippen molar-refractivity contribution >= 4 is 46.3 Å². The van der Waals surface area contributed by atoms with Gasteiger partial charge in [0.25, 0.3) is 0 Å². The summed E-state index contributed by atoms with van der Waals surface area (Å²) in [4.78, 5) is 1.51. The van der Waals surface area contributed by atoms with Crippen molar-refractivity contribution in [3.63, 3.8) is 0 Å². The quantitative estimate of drug-likeness (QED) is 0.463. The van der Waals surface area contributed by atoms with E-state index in [0.717, 1.165) is 28.9 Å². The molecule has 136 valence electrons. The number of thiophene rings is 1. The molecule has 0 amide bonds. The number of halogens is 2. The maximum Gasteiger partial charge on any atom is 0.191 e. The van der Waals surface area contributed by atoms with E-state index in [1.807, 2.05) is 36.6 Å². The highest BCUT2D eigenvalue weighted by atomic mass is 35.5. The average Bonchev–Trinajstić information content (AvgIpc) is 3.17. The van der Waals surface area contributed by atoms with E-state index >= 15 is 0 Å². The van der Waals surface area contributed by atoms with Crippen molar-refractivity contribution in [1.29, 1.82) is 0 Å². The number of fused-ring (bicyclic) bond motifs is 1. The Balaban J connectivity index is 1.58. The molecule has 0 aliphatic heterocycles. The van der Waals surface area contributed by atoms with Crippen molar-refractivity contribution in [2.45, 2.75) is 37.1 Å². The molecule has 0 saturated carbocycles. The first-order chi connectivity index (χ1) is 12.5. The van der Waals surface area contributed by atoms with Gasteiger partial charge in [0.2, 0.25) is 0 Å². The van der Waals surface area contributed by atoms with E-state index in [-0.39, 0.29) is 0 Å². The minimum absolute atomic E-state index is 0.670. The number of hydrogen-bond donors (Lipinski definition) is 0. The lowest BCUT2D eigenvalue weighted by atomic mass is 9.88. The van der Waals surface area contributed by atoms with Crippen molar-refractivity contribution in [2.75, 3.05) is 0 Å². The lowest BCUT2D eigenvalue weighted by molar-refractivity contribution is 0.508. The summed E-state index contributed by atoms with van der Waals surface area (Å²) in [5.41, 5.74) is 3.65. The van der Waals surface area contributed by atoms with E-state index in [2.05, 4.69) is 27.1 Å². The second-order valence-electron chi connectivity index (χ2n) is 6.75. The Kier molecular flexibility index (Phi) is 5.33. The van der Waals surface area contributed by atoms with Crippen molar-refractivity contribution in [3.05, 3.63) is 49.6 Å². The van der Waals surface area contributed by atoms with Crippen LogP contribution < -0.4 is 0 Å². The Morgan fingerprint density at radius 3 is 2.81 bits per heavy atom. The van der Waals surface area contributed by atoms with Crippen LogP contribution in [0.1, 0.15) is 29.3 Å². The van der Waals surface area contributed by atoms with E-state index < -0.39 is 0 Å². The fourth-order valence-electron chi connectivity index (χ4n) is 3.35. The van der Waals surface area contributed by atoms with Gasteiger partial charge in [-0.3, -0.25) is 0 Å². The second-order valence-corrected chi connectivity index (χ2v) is 9.47. The molecule has 26 heavy (non-hydrogen) atoms. The Morgan fingerprint density at radius 2 is 2.04 bits per heavy atom. The van der Waals surface area contributed by atoms with Gasteiger partial charge in [0.1, 0.15) is 0 Å². The molecular weight excluding hydrogens is 405 g/mol. The van der Waals surface area contributed by atoms with Gasteiger partial charge < -0.3 is 4.57 Å². The van der Waals surface area contributed by atoms with Gasteiger partial charge in [-0.2, -0.15) is 0 Å². The number of nitrogens with zero attached hydrogens (tertiary/aromatic N) is 3. The third-order valence-corrected chi connectivity index (χ3v) is 7.69. The van der Waals surface area contributed by atoms with E-state index in [1.54, 1.807) is 11.8 Å². The van der Waals surface area contributed by atoms with Gasteiger partial charge in [0.15, 0.2) is 11.0 Å². The third kappa shape index (κ3) is 3.42. The Bertz CT molecular complexity index is 928. The first-order valence-electron chi connectivity index (χ1n) is 8.59. The lowest BCUT2D eigenvalue weighted by Crippen LogP contribution is -2.09. The third-order valence-electron chi connectivity index (χ3n) is 4.88. The van der Waals surface area contributed by atoms with Gasteiger partial charge in [0.05, 0.1) is 0 Å². The number of thioether (sulfide) groups is 1. The van der Waals surface area contributed by atoms with Gasteiger partial charge in [-0.25, -0.2) is 0 Å². The molecule has 0 N–H and O–H groups in total. The highest BCUT2D eigenvalue weighted by Gasteiger charge is 2.23. The van der Waals surface area contributed by atoms with Crippen LogP contribution in [0.25, 0.3) is 11.4 Å². The monoisotopic (exact) mass is 423 g/mol. The first-order valence-corrected chi connectivity index (χ1v) is 11.2. The fraction of sp³-hybridized carbons (Fsp3) is 0.368. The molecule has 1 aliphatic carbocycles. The van der Waals surface area contributed by atoms with E-state index in [4.69, 9.17) is 23.2 Å². The molecule has 2 heterocycles. The Labute approximate surface area is 171 Å². The molecule has 0 radical (unpaired) electrons. The van der Waals surface area contributed by atoms with Crippen molar-refractivity contribution in [2.24, 2.45) is 13.0 Å². The summed E-state index contributed by atoms with van der Waals surface area (Å²) in [6, 6.07) is 5.59. The van der Waals surface area contributed by atoms with Crippen LogP contribution in [-0.4, -0.2) is 14.8 Å². The SMILES string of the molecule is CC1CCc2c(-c3nnc(SCc4c(Cl)cccc4Cl)n3C)csc2C1. The largest absolute Gasteiger partial charge is 0.305 e. The molecule has 3 aromatic rings. The predicted octanol–water partition coefficient (Wildman–Crippen LogP) is 6.27. The van der Waals surface area contributed by atoms with Gasteiger partial charge in [-0.15, -0.1) is 21.5 Å². The lowest BCUT2D eigenvalue weighted by Gasteiger charge is -2.18. The van der Waals surface area contributed by atoms with E-state index in [0.29, 0.717) is 15.8 Å². The van der Waals surface area contributed by atoms with Crippen molar-refractivity contribution < 1.29 is 0 Å². The molecule has 1 aromatic carbocycles. The molecule has 4 rings (SSSR count). The zero-order chi connectivity index (χ0) is 18.3. The Hall–Kier alpha value is -1.01. The molecule has 0 fully saturated rings. The molecule has 7 heteroatoms. The highest BCUT2D eigenvalue weighted by molar-refractivity contribution is 7.98. The molecule has 3 nitrogen and oxygen atoms in total. The summed E-state index contributed by atoms with van der Waals surface area (Å²) < 4.78 is 2.08. The highest BCUT2D eigenvalue weighted by Crippen LogP contribution is 2.38. The van der Waals surface area contributed by atoms with Crippen LogP contribution in [-0.2, 0) is 25.6 Å². The maximum absolute atomic E-state index is 6.27. The molecule has 2 aromatic heterocycles. The predicted molar refractivity (Wildman–Crippen MR) is 112 cm³/mol. The standard InChI is InChI=1S/C19H19Cl2N3S2/c1-11-6-7-12-13(9-25-17(12)8-11)18-22-23-19(24(18)2)26-10-14-15(20)4-3-5-16(14)21/h3-5,9,11H,6-8,10H2,1-2H3. The summed E-state index contributed by atoms with van der Waals surface area (Å²) >= 11 is 16.0. The molecular formula is C19H19Cl2N3S2. The smallest absolute Gasteiger partial charge is 0.191 e. The summed E-state index contributed by atoms with van der Waals surface area (Å²) in [6.45, 7) is 2.33. The number of aromatic nitrogens is 3. The van der Waals surface area contributed by atoms with Gasteiger partial charge in [-0.05, 0) is 48.4 Å². The van der Waals surface area contributed by atoms with Crippen LogP contribution in [0.4, 0.5) is 0 Å². The van der Waals surface area contributed by atoms with Crippen LogP contribution in [0.5, 0.6) is 0 Å². The summed E-state index contributed by atoms with van der Waals surface area (Å²) in [5.74, 6) is 2.40. The number of rotatable bonds is 4. The topological polar surface area (TPSA) is 30.7 Å². The van der Waals surface area contributed by atoms with Gasteiger partial charge in [0, 0.05) is 38.7 Å².